The molecular weight excluding hydrogens is 259 g/mol. The maximum absolute atomic E-state index is 13.4. The molecule has 0 atom stereocenters. The highest BCUT2D eigenvalue weighted by Crippen LogP contribution is 2.18. The van der Waals surface area contributed by atoms with E-state index in [4.69, 9.17) is 11.0 Å². The second-order valence-electron chi connectivity index (χ2n) is 4.08. The van der Waals surface area contributed by atoms with E-state index in [1.165, 1.54) is 18.3 Å². The van der Waals surface area contributed by atoms with Crippen molar-refractivity contribution >= 4 is 17.3 Å². The number of hydrogen-bond donors (Lipinski definition) is 2. The highest BCUT2D eigenvalue weighted by molar-refractivity contribution is 5.93. The van der Waals surface area contributed by atoms with Gasteiger partial charge in [0.05, 0.1) is 24.0 Å². The Kier molecular flexibility index (Phi) is 3.91. The Morgan fingerprint density at radius 1 is 1.40 bits per heavy atom. The van der Waals surface area contributed by atoms with Gasteiger partial charge in [0.15, 0.2) is 0 Å². The van der Waals surface area contributed by atoms with E-state index >= 15 is 0 Å². The van der Waals surface area contributed by atoms with Crippen LogP contribution in [0.15, 0.2) is 36.5 Å². The summed E-state index contributed by atoms with van der Waals surface area (Å²) in [6, 6.07) is 9.04. The van der Waals surface area contributed by atoms with Gasteiger partial charge < -0.3 is 11.1 Å². The number of carbonyl (C=O) groups excluding carboxylic acids is 1. The number of nitrogen functional groups attached to an aromatic ring is 1. The fourth-order valence-corrected chi connectivity index (χ4v) is 1.64. The number of nitrogens with one attached hydrogen (secondary N) is 1. The van der Waals surface area contributed by atoms with E-state index in [0.29, 0.717) is 11.4 Å². The summed E-state index contributed by atoms with van der Waals surface area (Å²) in [5, 5.41) is 11.4. The number of amides is 1. The van der Waals surface area contributed by atoms with Crippen molar-refractivity contribution in [1.29, 1.82) is 5.26 Å². The lowest BCUT2D eigenvalue weighted by atomic mass is 10.1. The minimum Gasteiger partial charge on any atom is -0.397 e. The topological polar surface area (TPSA) is 91.8 Å². The Balaban J connectivity index is 2.11. The molecule has 0 aliphatic heterocycles. The summed E-state index contributed by atoms with van der Waals surface area (Å²) >= 11 is 0. The molecule has 20 heavy (non-hydrogen) atoms. The van der Waals surface area contributed by atoms with Crippen molar-refractivity contribution in [3.05, 3.63) is 53.6 Å². The molecule has 5 nitrogen and oxygen atoms in total. The van der Waals surface area contributed by atoms with Crippen LogP contribution in [0.5, 0.6) is 0 Å². The number of benzene rings is 1. The van der Waals surface area contributed by atoms with Crippen molar-refractivity contribution in [2.75, 3.05) is 11.1 Å². The molecule has 0 saturated carbocycles. The Hall–Kier alpha value is -2.94. The molecule has 0 aliphatic rings. The molecule has 1 aromatic carbocycles. The van der Waals surface area contributed by atoms with Crippen molar-refractivity contribution in [2.45, 2.75) is 6.42 Å². The van der Waals surface area contributed by atoms with Crippen molar-refractivity contribution in [3.8, 4) is 6.07 Å². The van der Waals surface area contributed by atoms with E-state index in [-0.39, 0.29) is 23.6 Å². The number of nitrogens with two attached hydrogens (primary N) is 1. The quantitative estimate of drug-likeness (QED) is 0.890. The van der Waals surface area contributed by atoms with Crippen LogP contribution in [0.3, 0.4) is 0 Å². The highest BCUT2D eigenvalue weighted by atomic mass is 19.1. The maximum Gasteiger partial charge on any atom is 0.230 e. The first-order chi connectivity index (χ1) is 9.60. The predicted octanol–water partition coefficient (Wildman–Crippen LogP) is 1.86. The molecule has 0 saturated heterocycles. The summed E-state index contributed by atoms with van der Waals surface area (Å²) in [5.74, 6) is -1.06. The summed E-state index contributed by atoms with van der Waals surface area (Å²) < 4.78 is 13.4. The number of nitriles is 1. The van der Waals surface area contributed by atoms with Crippen LogP contribution in [0.4, 0.5) is 15.8 Å². The number of rotatable bonds is 3. The van der Waals surface area contributed by atoms with Gasteiger partial charge in [-0.2, -0.15) is 5.26 Å². The molecule has 0 spiro atoms. The summed E-state index contributed by atoms with van der Waals surface area (Å²) in [4.78, 5) is 15.8. The van der Waals surface area contributed by atoms with Gasteiger partial charge in [0.2, 0.25) is 5.91 Å². The molecule has 3 N–H and O–H groups in total. The first-order valence-electron chi connectivity index (χ1n) is 5.79. The van der Waals surface area contributed by atoms with Gasteiger partial charge in [-0.05, 0) is 24.3 Å². The standard InChI is InChI=1S/C14H11FN4O/c15-12-2-1-3-13(11(12)7-16)19-14(20)6-10-5-4-9(17)8-18-10/h1-5,8H,6,17H2,(H,19,20). The number of halogens is 1. The molecule has 6 heteroatoms. The number of carbonyl (C=O) groups is 1. The molecule has 2 aromatic rings. The average molecular weight is 270 g/mol. The molecule has 1 amide bonds. The second-order valence-corrected chi connectivity index (χ2v) is 4.08. The van der Waals surface area contributed by atoms with E-state index < -0.39 is 5.82 Å². The third-order valence-corrected chi connectivity index (χ3v) is 2.59. The Labute approximate surface area is 114 Å². The molecule has 1 heterocycles. The highest BCUT2D eigenvalue weighted by Gasteiger charge is 2.11. The molecule has 0 aliphatic carbocycles. The van der Waals surface area contributed by atoms with E-state index in [2.05, 4.69) is 10.3 Å². The third kappa shape index (κ3) is 3.09. The van der Waals surface area contributed by atoms with Crippen LogP contribution in [-0.4, -0.2) is 10.9 Å². The van der Waals surface area contributed by atoms with Gasteiger partial charge in [0.1, 0.15) is 17.4 Å². The van der Waals surface area contributed by atoms with E-state index in [1.807, 2.05) is 0 Å². The van der Waals surface area contributed by atoms with Gasteiger partial charge >= 0.3 is 0 Å². The fourth-order valence-electron chi connectivity index (χ4n) is 1.64. The molecule has 0 unspecified atom stereocenters. The van der Waals surface area contributed by atoms with Crippen molar-refractivity contribution in [3.63, 3.8) is 0 Å². The van der Waals surface area contributed by atoms with Crippen LogP contribution < -0.4 is 11.1 Å². The maximum atomic E-state index is 13.4. The molecule has 2 rings (SSSR count). The number of nitrogens with zero attached hydrogens (tertiary/aromatic N) is 2. The Morgan fingerprint density at radius 3 is 2.85 bits per heavy atom. The molecule has 100 valence electrons. The molecule has 0 bridgehead atoms. The van der Waals surface area contributed by atoms with Crippen LogP contribution in [0.2, 0.25) is 0 Å². The van der Waals surface area contributed by atoms with E-state index in [1.54, 1.807) is 18.2 Å². The van der Waals surface area contributed by atoms with Gasteiger partial charge in [0.25, 0.3) is 0 Å². The summed E-state index contributed by atoms with van der Waals surface area (Å²) in [6.07, 6.45) is 1.47. The molecule has 1 aromatic heterocycles. The Morgan fingerprint density at radius 2 is 2.20 bits per heavy atom. The summed E-state index contributed by atoms with van der Waals surface area (Å²) in [5.41, 5.74) is 6.49. The summed E-state index contributed by atoms with van der Waals surface area (Å²) in [7, 11) is 0. The lowest BCUT2D eigenvalue weighted by Gasteiger charge is -2.07. The predicted molar refractivity (Wildman–Crippen MR) is 72.1 cm³/mol. The van der Waals surface area contributed by atoms with Crippen LogP contribution in [0.1, 0.15) is 11.3 Å². The van der Waals surface area contributed by atoms with Crippen LogP contribution in [-0.2, 0) is 11.2 Å². The number of anilines is 2. The van der Waals surface area contributed by atoms with Gasteiger partial charge in [-0.3, -0.25) is 9.78 Å². The van der Waals surface area contributed by atoms with Crippen molar-refractivity contribution in [2.24, 2.45) is 0 Å². The first-order valence-corrected chi connectivity index (χ1v) is 5.79. The summed E-state index contributed by atoms with van der Waals surface area (Å²) in [6.45, 7) is 0. The van der Waals surface area contributed by atoms with Crippen LogP contribution in [0.25, 0.3) is 0 Å². The van der Waals surface area contributed by atoms with Gasteiger partial charge in [-0.15, -0.1) is 0 Å². The average Bonchev–Trinajstić information content (AvgIpc) is 2.42. The fraction of sp³-hybridized carbons (Fsp3) is 0.0714. The smallest absolute Gasteiger partial charge is 0.230 e. The van der Waals surface area contributed by atoms with Gasteiger partial charge in [-0.1, -0.05) is 6.07 Å². The van der Waals surface area contributed by atoms with Crippen molar-refractivity contribution < 1.29 is 9.18 Å². The minimum atomic E-state index is -0.670. The van der Waals surface area contributed by atoms with Crippen molar-refractivity contribution in [1.82, 2.24) is 4.98 Å². The zero-order valence-electron chi connectivity index (χ0n) is 10.4. The third-order valence-electron chi connectivity index (χ3n) is 2.59. The van der Waals surface area contributed by atoms with E-state index in [0.717, 1.165) is 6.07 Å². The normalized spacial score (nSPS) is 9.80. The largest absolute Gasteiger partial charge is 0.397 e. The zero-order chi connectivity index (χ0) is 14.5. The number of aromatic nitrogens is 1. The number of pyridine rings is 1. The number of hydrogen-bond acceptors (Lipinski definition) is 4. The Bertz CT molecular complexity index is 677. The van der Waals surface area contributed by atoms with Crippen LogP contribution in [0, 0.1) is 17.1 Å². The molecule has 0 radical (unpaired) electrons. The van der Waals surface area contributed by atoms with Gasteiger partial charge in [-0.25, -0.2) is 4.39 Å². The zero-order valence-corrected chi connectivity index (χ0v) is 10.4. The monoisotopic (exact) mass is 270 g/mol. The lowest BCUT2D eigenvalue weighted by molar-refractivity contribution is -0.115. The SMILES string of the molecule is N#Cc1c(F)cccc1NC(=O)Cc1ccc(N)cn1. The lowest BCUT2D eigenvalue weighted by Crippen LogP contribution is -2.16. The molecular formula is C14H11FN4O. The van der Waals surface area contributed by atoms with E-state index in [9.17, 15) is 9.18 Å². The first kappa shape index (κ1) is 13.5. The second kappa shape index (κ2) is 5.80. The van der Waals surface area contributed by atoms with Crippen LogP contribution >= 0.6 is 0 Å². The minimum absolute atomic E-state index is 0.0155. The van der Waals surface area contributed by atoms with Gasteiger partial charge in [0, 0.05) is 5.69 Å². The molecule has 0 fully saturated rings.